The third kappa shape index (κ3) is 4.52. The summed E-state index contributed by atoms with van der Waals surface area (Å²) in [6, 6.07) is 0. The second-order valence-corrected chi connectivity index (χ2v) is 8.16. The molecule has 158 valence electrons. The summed E-state index contributed by atoms with van der Waals surface area (Å²) in [5.74, 6) is -21.6. The lowest BCUT2D eigenvalue weighted by atomic mass is 10.1. The Morgan fingerprint density at radius 2 is 1.31 bits per heavy atom. The van der Waals surface area contributed by atoms with Crippen molar-refractivity contribution < 1.29 is 56.8 Å². The van der Waals surface area contributed by atoms with Crippen LogP contribution in [0.25, 0.3) is 0 Å². The summed E-state index contributed by atoms with van der Waals surface area (Å²) < 4.78 is 152. The Balaban J connectivity index is 5.62. The van der Waals surface area contributed by atoms with Crippen LogP contribution in [0.5, 0.6) is 0 Å². The highest BCUT2D eigenvalue weighted by atomic mass is 32.2. The fourth-order valence-electron chi connectivity index (χ4n) is 1.55. The molecule has 0 spiro atoms. The molecule has 0 aliphatic rings. The molecule has 0 amide bonds. The van der Waals surface area contributed by atoms with Crippen molar-refractivity contribution in [3.8, 4) is 0 Å². The first-order valence-corrected chi connectivity index (χ1v) is 8.22. The number of quaternary nitrogens is 1. The molecule has 0 radical (unpaired) electrons. The maximum atomic E-state index is 13.5. The van der Waals surface area contributed by atoms with Gasteiger partial charge in [-0.2, -0.15) is 35.1 Å². The van der Waals surface area contributed by atoms with E-state index in [2.05, 4.69) is 0 Å². The van der Waals surface area contributed by atoms with E-state index in [1.807, 2.05) is 0 Å². The van der Waals surface area contributed by atoms with Gasteiger partial charge in [0.05, 0.1) is 27.7 Å². The fraction of sp³-hybridized carbons (Fsp3) is 1.00. The van der Waals surface area contributed by atoms with E-state index in [1.54, 1.807) is 21.1 Å². The first-order chi connectivity index (χ1) is 11.2. The van der Waals surface area contributed by atoms with Gasteiger partial charge in [0.25, 0.3) is 10.0 Å². The zero-order chi connectivity index (χ0) is 21.4. The van der Waals surface area contributed by atoms with Crippen LogP contribution in [0.2, 0.25) is 0 Å². The topological polar surface area (TPSA) is 46.2 Å². The molecule has 0 bridgehead atoms. The van der Waals surface area contributed by atoms with Gasteiger partial charge < -0.3 is 4.48 Å². The average molecular weight is 431 g/mol. The molecule has 0 aromatic rings. The summed E-state index contributed by atoms with van der Waals surface area (Å²) in [5.41, 5.74) is 0. The largest absolute Gasteiger partial charge is 0.427 e. The van der Waals surface area contributed by atoms with Crippen molar-refractivity contribution in [3.05, 3.63) is 0 Å². The zero-order valence-electron chi connectivity index (χ0n) is 13.7. The molecule has 0 aliphatic heterocycles. The van der Waals surface area contributed by atoms with Crippen molar-refractivity contribution in [2.75, 3.05) is 34.2 Å². The normalized spacial score (nSPS) is 15.6. The second-order valence-electron chi connectivity index (χ2n) is 6.35. The minimum absolute atomic E-state index is 0.143. The van der Waals surface area contributed by atoms with Crippen LogP contribution in [0.4, 0.5) is 43.9 Å². The highest BCUT2D eigenvalue weighted by molar-refractivity contribution is 7.90. The molecule has 0 atom stereocenters. The molecule has 0 aromatic heterocycles. The number of hydrogen-bond acceptors (Lipinski definition) is 2. The number of rotatable bonds is 10. The van der Waals surface area contributed by atoms with E-state index in [4.69, 9.17) is 0 Å². The van der Waals surface area contributed by atoms with Gasteiger partial charge in [0, 0.05) is 13.0 Å². The first kappa shape index (κ1) is 25.2. The Morgan fingerprint density at radius 1 is 0.885 bits per heavy atom. The van der Waals surface area contributed by atoms with Crippen LogP contribution in [-0.4, -0.2) is 76.6 Å². The van der Waals surface area contributed by atoms with Crippen LogP contribution in [0.15, 0.2) is 0 Å². The molecule has 0 aromatic carbocycles. The van der Waals surface area contributed by atoms with Gasteiger partial charge in [-0.05, 0) is 0 Å². The number of nitrogens with zero attached hydrogens (tertiary/aromatic N) is 1. The van der Waals surface area contributed by atoms with Crippen molar-refractivity contribution >= 4 is 10.0 Å². The standard InChI is InChI=1S/C11H17F10N2O2S/c1-23(2,3)6-4-5-22-26(24,25)11(20,21)10(18,19)9(16,17)8(14,15)7(12)13/h7,22H,4-6H2,1-3H3/q+1. The van der Waals surface area contributed by atoms with Crippen LogP contribution < -0.4 is 4.72 Å². The van der Waals surface area contributed by atoms with Gasteiger partial charge in [-0.25, -0.2) is 21.9 Å². The fourth-order valence-corrected chi connectivity index (χ4v) is 2.61. The molecule has 0 saturated carbocycles. The lowest BCUT2D eigenvalue weighted by Crippen LogP contribution is -2.67. The van der Waals surface area contributed by atoms with Crippen LogP contribution in [-0.2, 0) is 10.0 Å². The van der Waals surface area contributed by atoms with Crippen molar-refractivity contribution in [3.63, 3.8) is 0 Å². The van der Waals surface area contributed by atoms with E-state index in [1.165, 1.54) is 0 Å². The smallest absolute Gasteiger partial charge is 0.331 e. The van der Waals surface area contributed by atoms with Crippen molar-refractivity contribution in [1.29, 1.82) is 0 Å². The molecule has 4 nitrogen and oxygen atoms in total. The van der Waals surface area contributed by atoms with Gasteiger partial charge in [-0.15, -0.1) is 0 Å². The minimum atomic E-state index is -7.35. The summed E-state index contributed by atoms with van der Waals surface area (Å²) in [4.78, 5) is 0. The van der Waals surface area contributed by atoms with Crippen LogP contribution in [0, 0.1) is 0 Å². The predicted molar refractivity (Wildman–Crippen MR) is 70.2 cm³/mol. The van der Waals surface area contributed by atoms with E-state index in [0.29, 0.717) is 0 Å². The number of sulfonamides is 1. The predicted octanol–water partition coefficient (Wildman–Crippen LogP) is 2.77. The van der Waals surface area contributed by atoms with E-state index in [-0.39, 0.29) is 17.4 Å². The molecule has 26 heavy (non-hydrogen) atoms. The molecular formula is C11H17F10N2O2S+. The quantitative estimate of drug-likeness (QED) is 0.329. The van der Waals surface area contributed by atoms with E-state index in [9.17, 15) is 52.3 Å². The summed E-state index contributed by atoms with van der Waals surface area (Å²) in [6.07, 6.45) is -5.65. The van der Waals surface area contributed by atoms with Crippen LogP contribution >= 0.6 is 0 Å². The summed E-state index contributed by atoms with van der Waals surface area (Å²) in [6.45, 7) is -0.759. The molecule has 0 saturated heterocycles. The summed E-state index contributed by atoms with van der Waals surface area (Å²) >= 11 is 0. The Bertz CT molecular complexity index is 586. The lowest BCUT2D eigenvalue weighted by Gasteiger charge is -2.35. The highest BCUT2D eigenvalue weighted by Crippen LogP contribution is 2.55. The second kappa shape index (κ2) is 7.30. The zero-order valence-corrected chi connectivity index (χ0v) is 14.5. The lowest BCUT2D eigenvalue weighted by molar-refractivity contribution is -0.870. The number of halogens is 10. The molecule has 0 aliphatic carbocycles. The van der Waals surface area contributed by atoms with Gasteiger partial charge in [-0.3, -0.25) is 0 Å². The van der Waals surface area contributed by atoms with Crippen molar-refractivity contribution in [2.45, 2.75) is 35.9 Å². The maximum Gasteiger partial charge on any atom is 0.427 e. The number of alkyl halides is 10. The van der Waals surface area contributed by atoms with Crippen LogP contribution in [0.3, 0.4) is 0 Å². The molecule has 0 rings (SSSR count). The molecule has 1 N–H and O–H groups in total. The van der Waals surface area contributed by atoms with Crippen molar-refractivity contribution in [2.24, 2.45) is 0 Å². The third-order valence-electron chi connectivity index (χ3n) is 3.09. The average Bonchev–Trinajstić information content (AvgIpc) is 2.41. The van der Waals surface area contributed by atoms with E-state index in [0.717, 1.165) is 4.72 Å². The summed E-state index contributed by atoms with van der Waals surface area (Å²) in [5, 5.41) is -6.79. The number of hydrogen-bond donors (Lipinski definition) is 1. The SMILES string of the molecule is C[N+](C)(C)CCCNS(=O)(=O)C(F)(F)C(F)(F)C(F)(F)C(F)(F)C(F)F. The number of nitrogens with one attached hydrogen (secondary N) is 1. The molecular weight excluding hydrogens is 414 g/mol. The molecule has 0 fully saturated rings. The maximum absolute atomic E-state index is 13.5. The Morgan fingerprint density at radius 3 is 1.65 bits per heavy atom. The highest BCUT2D eigenvalue weighted by Gasteiger charge is 2.86. The third-order valence-corrected chi connectivity index (χ3v) is 4.60. The first-order valence-electron chi connectivity index (χ1n) is 6.74. The Labute approximate surface area is 142 Å². The summed E-state index contributed by atoms with van der Waals surface area (Å²) in [7, 11) is -1.80. The monoisotopic (exact) mass is 431 g/mol. The van der Waals surface area contributed by atoms with Gasteiger partial charge in [0.2, 0.25) is 0 Å². The van der Waals surface area contributed by atoms with Gasteiger partial charge in [-0.1, -0.05) is 0 Å². The van der Waals surface area contributed by atoms with E-state index < -0.39 is 46.0 Å². The van der Waals surface area contributed by atoms with Crippen LogP contribution in [0.1, 0.15) is 6.42 Å². The van der Waals surface area contributed by atoms with Gasteiger partial charge >= 0.3 is 29.4 Å². The minimum Gasteiger partial charge on any atom is -0.331 e. The molecule has 0 heterocycles. The van der Waals surface area contributed by atoms with E-state index >= 15 is 0 Å². The van der Waals surface area contributed by atoms with Gasteiger partial charge in [0.1, 0.15) is 0 Å². The Hall–Kier alpha value is -0.830. The van der Waals surface area contributed by atoms with Gasteiger partial charge in [0.15, 0.2) is 0 Å². The Kier molecular flexibility index (Phi) is 7.06. The molecule has 15 heteroatoms. The van der Waals surface area contributed by atoms with Crippen molar-refractivity contribution in [1.82, 2.24) is 4.72 Å². The molecule has 0 unspecified atom stereocenters.